The summed E-state index contributed by atoms with van der Waals surface area (Å²) in [4.78, 5) is 0. The first-order valence-electron chi connectivity index (χ1n) is 6.68. The quantitative estimate of drug-likeness (QED) is 0.865. The van der Waals surface area contributed by atoms with Gasteiger partial charge in [-0.05, 0) is 56.2 Å². The first-order chi connectivity index (χ1) is 9.15. The van der Waals surface area contributed by atoms with Crippen molar-refractivity contribution in [2.75, 3.05) is 11.9 Å². The maximum Gasteiger partial charge on any atom is 0.119 e. The molecule has 0 aromatic heterocycles. The van der Waals surface area contributed by atoms with Gasteiger partial charge in [-0.2, -0.15) is 0 Å². The lowest BCUT2D eigenvalue weighted by molar-refractivity contribution is 0.235. The van der Waals surface area contributed by atoms with Gasteiger partial charge in [0.05, 0.1) is 6.54 Å². The smallest absolute Gasteiger partial charge is 0.119 e. The Kier molecular flexibility index (Phi) is 4.45. The van der Waals surface area contributed by atoms with E-state index in [1.165, 1.54) is 11.1 Å². The number of para-hydroxylation sites is 1. The average molecular weight is 255 g/mol. The average Bonchev–Trinajstić information content (AvgIpc) is 2.41. The van der Waals surface area contributed by atoms with Crippen molar-refractivity contribution in [1.29, 1.82) is 0 Å². The molecule has 2 aromatic carbocycles. The topological polar surface area (TPSA) is 21.3 Å². The van der Waals surface area contributed by atoms with Crippen LogP contribution in [-0.4, -0.2) is 12.6 Å². The van der Waals surface area contributed by atoms with Crippen LogP contribution in [0.15, 0.2) is 48.5 Å². The molecule has 100 valence electrons. The summed E-state index contributed by atoms with van der Waals surface area (Å²) in [5.41, 5.74) is 3.77. The molecule has 0 amide bonds. The highest BCUT2D eigenvalue weighted by atomic mass is 16.5. The molecule has 0 saturated carbocycles. The Morgan fingerprint density at radius 3 is 2.42 bits per heavy atom. The van der Waals surface area contributed by atoms with E-state index < -0.39 is 0 Å². The standard InChI is InChI=1S/C17H21NO/c1-13-9-10-16(11-14(13)2)18-12-15(3)19-17-7-5-4-6-8-17/h4-11,15,18H,12H2,1-3H3. The van der Waals surface area contributed by atoms with Gasteiger partial charge in [0.1, 0.15) is 11.9 Å². The van der Waals surface area contributed by atoms with Crippen molar-refractivity contribution in [1.82, 2.24) is 0 Å². The van der Waals surface area contributed by atoms with Crippen molar-refractivity contribution in [3.05, 3.63) is 59.7 Å². The Hall–Kier alpha value is -1.96. The number of rotatable bonds is 5. The number of benzene rings is 2. The Morgan fingerprint density at radius 2 is 1.74 bits per heavy atom. The second kappa shape index (κ2) is 6.28. The van der Waals surface area contributed by atoms with Gasteiger partial charge in [-0.3, -0.25) is 0 Å². The SMILES string of the molecule is Cc1ccc(NCC(C)Oc2ccccc2)cc1C. The van der Waals surface area contributed by atoms with E-state index in [1.807, 2.05) is 30.3 Å². The number of hydrogen-bond acceptors (Lipinski definition) is 2. The van der Waals surface area contributed by atoms with Crippen LogP contribution in [0, 0.1) is 13.8 Å². The maximum atomic E-state index is 5.83. The summed E-state index contributed by atoms with van der Waals surface area (Å²) in [7, 11) is 0. The van der Waals surface area contributed by atoms with Gasteiger partial charge in [-0.1, -0.05) is 24.3 Å². The van der Waals surface area contributed by atoms with Crippen molar-refractivity contribution in [3.8, 4) is 5.75 Å². The predicted molar refractivity (Wildman–Crippen MR) is 80.9 cm³/mol. The molecule has 0 saturated heterocycles. The van der Waals surface area contributed by atoms with E-state index in [2.05, 4.69) is 44.3 Å². The van der Waals surface area contributed by atoms with Gasteiger partial charge >= 0.3 is 0 Å². The molecule has 2 rings (SSSR count). The number of hydrogen-bond donors (Lipinski definition) is 1. The third kappa shape index (κ3) is 4.02. The predicted octanol–water partition coefficient (Wildman–Crippen LogP) is 4.18. The van der Waals surface area contributed by atoms with Gasteiger partial charge in [-0.25, -0.2) is 0 Å². The van der Waals surface area contributed by atoms with Gasteiger partial charge in [-0.15, -0.1) is 0 Å². The molecular formula is C17H21NO. The van der Waals surface area contributed by atoms with E-state index in [1.54, 1.807) is 0 Å². The lowest BCUT2D eigenvalue weighted by atomic mass is 10.1. The molecular weight excluding hydrogens is 234 g/mol. The van der Waals surface area contributed by atoms with Gasteiger partial charge in [0.2, 0.25) is 0 Å². The van der Waals surface area contributed by atoms with Gasteiger partial charge in [0.25, 0.3) is 0 Å². The van der Waals surface area contributed by atoms with E-state index in [-0.39, 0.29) is 6.10 Å². The highest BCUT2D eigenvalue weighted by Gasteiger charge is 2.04. The fraction of sp³-hybridized carbons (Fsp3) is 0.294. The number of nitrogens with one attached hydrogen (secondary N) is 1. The van der Waals surface area contributed by atoms with Crippen molar-refractivity contribution in [2.24, 2.45) is 0 Å². The fourth-order valence-electron chi connectivity index (χ4n) is 1.89. The first-order valence-corrected chi connectivity index (χ1v) is 6.68. The summed E-state index contributed by atoms with van der Waals surface area (Å²) >= 11 is 0. The van der Waals surface area contributed by atoms with Crippen LogP contribution >= 0.6 is 0 Å². The highest BCUT2D eigenvalue weighted by molar-refractivity contribution is 5.48. The second-order valence-corrected chi connectivity index (χ2v) is 4.92. The van der Waals surface area contributed by atoms with Gasteiger partial charge in [0, 0.05) is 5.69 Å². The van der Waals surface area contributed by atoms with Crippen LogP contribution in [0.3, 0.4) is 0 Å². The summed E-state index contributed by atoms with van der Waals surface area (Å²) in [6.07, 6.45) is 0.129. The zero-order chi connectivity index (χ0) is 13.7. The second-order valence-electron chi connectivity index (χ2n) is 4.92. The Labute approximate surface area is 115 Å². The zero-order valence-corrected chi connectivity index (χ0v) is 11.8. The van der Waals surface area contributed by atoms with Crippen LogP contribution in [0.4, 0.5) is 5.69 Å². The van der Waals surface area contributed by atoms with Crippen LogP contribution in [0.5, 0.6) is 5.75 Å². The molecule has 0 aliphatic rings. The molecule has 0 fully saturated rings. The van der Waals surface area contributed by atoms with Crippen LogP contribution < -0.4 is 10.1 Å². The Balaban J connectivity index is 1.86. The van der Waals surface area contributed by atoms with Crippen molar-refractivity contribution < 1.29 is 4.74 Å². The molecule has 0 aliphatic heterocycles. The third-order valence-electron chi connectivity index (χ3n) is 3.18. The summed E-state index contributed by atoms with van der Waals surface area (Å²) in [6.45, 7) is 7.11. The molecule has 2 aromatic rings. The molecule has 0 heterocycles. The van der Waals surface area contributed by atoms with Crippen molar-refractivity contribution in [2.45, 2.75) is 26.9 Å². The van der Waals surface area contributed by atoms with Crippen molar-refractivity contribution in [3.63, 3.8) is 0 Å². The summed E-state index contributed by atoms with van der Waals surface area (Å²) in [6, 6.07) is 16.3. The van der Waals surface area contributed by atoms with Crippen LogP contribution in [0.1, 0.15) is 18.1 Å². The molecule has 0 bridgehead atoms. The van der Waals surface area contributed by atoms with Gasteiger partial charge < -0.3 is 10.1 Å². The molecule has 1 atom stereocenters. The lowest BCUT2D eigenvalue weighted by Gasteiger charge is -2.16. The minimum absolute atomic E-state index is 0.129. The molecule has 1 N–H and O–H groups in total. The van der Waals surface area contributed by atoms with E-state index in [0.717, 1.165) is 18.0 Å². The van der Waals surface area contributed by atoms with Crippen molar-refractivity contribution >= 4 is 5.69 Å². The molecule has 1 unspecified atom stereocenters. The monoisotopic (exact) mass is 255 g/mol. The van der Waals surface area contributed by atoms with E-state index >= 15 is 0 Å². The van der Waals surface area contributed by atoms with E-state index in [9.17, 15) is 0 Å². The maximum absolute atomic E-state index is 5.83. The van der Waals surface area contributed by atoms with Crippen LogP contribution in [0.25, 0.3) is 0 Å². The minimum atomic E-state index is 0.129. The normalized spacial score (nSPS) is 11.9. The van der Waals surface area contributed by atoms with E-state index in [0.29, 0.717) is 0 Å². The number of ether oxygens (including phenoxy) is 1. The number of anilines is 1. The fourth-order valence-corrected chi connectivity index (χ4v) is 1.89. The van der Waals surface area contributed by atoms with Gasteiger partial charge in [0.15, 0.2) is 0 Å². The summed E-state index contributed by atoms with van der Waals surface area (Å²) in [5.74, 6) is 0.914. The molecule has 0 spiro atoms. The molecule has 0 radical (unpaired) electrons. The lowest BCUT2D eigenvalue weighted by Crippen LogP contribution is -2.22. The molecule has 2 heteroatoms. The third-order valence-corrected chi connectivity index (χ3v) is 3.18. The molecule has 0 aliphatic carbocycles. The number of aryl methyl sites for hydroxylation is 2. The Bertz CT molecular complexity index is 522. The minimum Gasteiger partial charge on any atom is -0.489 e. The van der Waals surface area contributed by atoms with E-state index in [4.69, 9.17) is 4.74 Å². The Morgan fingerprint density at radius 1 is 1.00 bits per heavy atom. The largest absolute Gasteiger partial charge is 0.489 e. The van der Waals surface area contributed by atoms with Crippen LogP contribution in [-0.2, 0) is 0 Å². The molecule has 2 nitrogen and oxygen atoms in total. The highest BCUT2D eigenvalue weighted by Crippen LogP contribution is 2.15. The summed E-state index contributed by atoms with van der Waals surface area (Å²) < 4.78 is 5.83. The summed E-state index contributed by atoms with van der Waals surface area (Å²) in [5, 5.41) is 3.41. The zero-order valence-electron chi connectivity index (χ0n) is 11.8. The first kappa shape index (κ1) is 13.5. The van der Waals surface area contributed by atoms with Crippen LogP contribution in [0.2, 0.25) is 0 Å². The molecule has 19 heavy (non-hydrogen) atoms.